The van der Waals surface area contributed by atoms with E-state index in [0.29, 0.717) is 13.1 Å². The van der Waals surface area contributed by atoms with E-state index >= 15 is 0 Å². The van der Waals surface area contributed by atoms with Crippen molar-refractivity contribution in [1.29, 1.82) is 0 Å². The molecule has 1 aromatic carbocycles. The first-order valence-electron chi connectivity index (χ1n) is 10.1. The first kappa shape index (κ1) is 21.0. The lowest BCUT2D eigenvalue weighted by Crippen LogP contribution is -2.50. The molecule has 2 heterocycles. The average Bonchev–Trinajstić information content (AvgIpc) is 2.79. The smallest absolute Gasteiger partial charge is 0.309 e. The Bertz CT molecular complexity index is 776. The quantitative estimate of drug-likeness (QED) is 0.689. The van der Waals surface area contributed by atoms with E-state index in [0.717, 1.165) is 43.9 Å². The SMILES string of the molecule is CCN1CCN([C@H](CNC(=O)C(=O)NCc2ccccc2)c2cccnc2)CC1. The highest BCUT2D eigenvalue weighted by Crippen LogP contribution is 2.21. The number of piperazine rings is 1. The van der Waals surface area contributed by atoms with Gasteiger partial charge in [0.25, 0.3) is 0 Å². The first-order chi connectivity index (χ1) is 14.2. The molecular formula is C22H29N5O2. The molecule has 0 saturated carbocycles. The van der Waals surface area contributed by atoms with Crippen molar-refractivity contribution >= 4 is 11.8 Å². The number of aromatic nitrogens is 1. The molecule has 1 fully saturated rings. The molecule has 3 rings (SSSR count). The second-order valence-electron chi connectivity index (χ2n) is 7.15. The van der Waals surface area contributed by atoms with Gasteiger partial charge in [-0.2, -0.15) is 0 Å². The van der Waals surface area contributed by atoms with Gasteiger partial charge in [-0.3, -0.25) is 19.5 Å². The Balaban J connectivity index is 1.56. The number of carbonyl (C=O) groups is 2. The molecule has 0 bridgehead atoms. The molecular weight excluding hydrogens is 366 g/mol. The molecule has 2 aromatic rings. The van der Waals surface area contributed by atoms with Gasteiger partial charge in [-0.1, -0.05) is 43.3 Å². The molecule has 0 spiro atoms. The van der Waals surface area contributed by atoms with Crippen molar-refractivity contribution in [3.63, 3.8) is 0 Å². The van der Waals surface area contributed by atoms with Crippen LogP contribution in [0.1, 0.15) is 24.1 Å². The molecule has 154 valence electrons. The summed E-state index contributed by atoms with van der Waals surface area (Å²) in [6.07, 6.45) is 3.57. The van der Waals surface area contributed by atoms with E-state index in [-0.39, 0.29) is 6.04 Å². The highest BCUT2D eigenvalue weighted by Gasteiger charge is 2.26. The van der Waals surface area contributed by atoms with Gasteiger partial charge in [0.2, 0.25) is 0 Å². The molecule has 0 unspecified atom stereocenters. The third kappa shape index (κ3) is 6.10. The molecule has 29 heavy (non-hydrogen) atoms. The number of rotatable bonds is 7. The molecule has 1 aliphatic heterocycles. The molecule has 7 nitrogen and oxygen atoms in total. The maximum atomic E-state index is 12.3. The average molecular weight is 396 g/mol. The largest absolute Gasteiger partial charge is 0.346 e. The van der Waals surface area contributed by atoms with Crippen molar-refractivity contribution in [2.75, 3.05) is 39.3 Å². The minimum atomic E-state index is -0.616. The zero-order chi connectivity index (χ0) is 20.5. The van der Waals surface area contributed by atoms with Crippen LogP contribution in [0, 0.1) is 0 Å². The van der Waals surface area contributed by atoms with Crippen molar-refractivity contribution < 1.29 is 9.59 Å². The number of carbonyl (C=O) groups excluding carboxylic acids is 2. The van der Waals surface area contributed by atoms with Crippen molar-refractivity contribution in [3.05, 3.63) is 66.0 Å². The molecule has 0 aliphatic carbocycles. The summed E-state index contributed by atoms with van der Waals surface area (Å²) in [5, 5.41) is 5.48. The van der Waals surface area contributed by atoms with Gasteiger partial charge >= 0.3 is 11.8 Å². The lowest BCUT2D eigenvalue weighted by atomic mass is 10.1. The normalized spacial score (nSPS) is 16.2. The number of likely N-dealkylation sites (N-methyl/N-ethyl adjacent to an activating group) is 1. The van der Waals surface area contributed by atoms with Crippen molar-refractivity contribution in [2.24, 2.45) is 0 Å². The van der Waals surface area contributed by atoms with Crippen LogP contribution in [0.25, 0.3) is 0 Å². The Morgan fingerprint density at radius 1 is 1.00 bits per heavy atom. The Kier molecular flexibility index (Phi) is 7.72. The van der Waals surface area contributed by atoms with E-state index in [1.54, 1.807) is 6.20 Å². The van der Waals surface area contributed by atoms with Gasteiger partial charge in [0.15, 0.2) is 0 Å². The summed E-state index contributed by atoms with van der Waals surface area (Å²) in [4.78, 5) is 33.5. The van der Waals surface area contributed by atoms with Gasteiger partial charge in [-0.05, 0) is 23.7 Å². The van der Waals surface area contributed by atoms with Crippen LogP contribution in [0.2, 0.25) is 0 Å². The van der Waals surface area contributed by atoms with E-state index in [1.807, 2.05) is 48.7 Å². The maximum Gasteiger partial charge on any atom is 0.309 e. The predicted octanol–water partition coefficient (Wildman–Crippen LogP) is 1.19. The van der Waals surface area contributed by atoms with Gasteiger partial charge in [0.1, 0.15) is 0 Å². The summed E-state index contributed by atoms with van der Waals surface area (Å²) < 4.78 is 0. The Hall–Kier alpha value is -2.77. The number of nitrogens with one attached hydrogen (secondary N) is 2. The fourth-order valence-corrected chi connectivity index (χ4v) is 3.55. The van der Waals surface area contributed by atoms with Crippen LogP contribution < -0.4 is 10.6 Å². The standard InChI is InChI=1S/C22H29N5O2/c1-2-26-11-13-27(14-12-26)20(19-9-6-10-23-16-19)17-25-22(29)21(28)24-15-18-7-4-3-5-8-18/h3-10,16,20H,2,11-15,17H2,1H3,(H,24,28)(H,25,29)/t20-/m1/s1. The first-order valence-corrected chi connectivity index (χ1v) is 10.1. The van der Waals surface area contributed by atoms with E-state index in [2.05, 4.69) is 32.3 Å². The van der Waals surface area contributed by atoms with Crippen LogP contribution >= 0.6 is 0 Å². The Morgan fingerprint density at radius 3 is 2.38 bits per heavy atom. The third-order valence-corrected chi connectivity index (χ3v) is 5.32. The maximum absolute atomic E-state index is 12.3. The van der Waals surface area contributed by atoms with E-state index in [4.69, 9.17) is 0 Å². The van der Waals surface area contributed by atoms with Gasteiger partial charge < -0.3 is 15.5 Å². The van der Waals surface area contributed by atoms with E-state index < -0.39 is 11.8 Å². The Labute approximate surface area is 172 Å². The van der Waals surface area contributed by atoms with E-state index in [1.165, 1.54) is 0 Å². The zero-order valence-corrected chi connectivity index (χ0v) is 16.9. The molecule has 1 aromatic heterocycles. The van der Waals surface area contributed by atoms with Crippen molar-refractivity contribution in [2.45, 2.75) is 19.5 Å². The fraction of sp³-hybridized carbons (Fsp3) is 0.409. The summed E-state index contributed by atoms with van der Waals surface area (Å²) in [6, 6.07) is 13.4. The monoisotopic (exact) mass is 395 g/mol. The van der Waals surface area contributed by atoms with Crippen LogP contribution in [0.4, 0.5) is 0 Å². The Morgan fingerprint density at radius 2 is 1.72 bits per heavy atom. The van der Waals surface area contributed by atoms with Gasteiger partial charge in [0, 0.05) is 51.7 Å². The summed E-state index contributed by atoms with van der Waals surface area (Å²) >= 11 is 0. The van der Waals surface area contributed by atoms with Gasteiger partial charge in [0.05, 0.1) is 6.04 Å². The van der Waals surface area contributed by atoms with Crippen molar-refractivity contribution in [3.8, 4) is 0 Å². The molecule has 1 atom stereocenters. The summed E-state index contributed by atoms with van der Waals surface area (Å²) in [6.45, 7) is 7.75. The molecule has 1 saturated heterocycles. The highest BCUT2D eigenvalue weighted by atomic mass is 16.2. The summed E-state index contributed by atoms with van der Waals surface area (Å²) in [5.41, 5.74) is 2.00. The molecule has 7 heteroatoms. The number of benzene rings is 1. The number of hydrogen-bond acceptors (Lipinski definition) is 5. The predicted molar refractivity (Wildman–Crippen MR) is 112 cm³/mol. The molecule has 2 N–H and O–H groups in total. The van der Waals surface area contributed by atoms with Crippen LogP contribution in [0.5, 0.6) is 0 Å². The summed E-state index contributed by atoms with van der Waals surface area (Å²) in [5.74, 6) is -1.23. The number of pyridine rings is 1. The molecule has 0 radical (unpaired) electrons. The second kappa shape index (κ2) is 10.7. The zero-order valence-electron chi connectivity index (χ0n) is 16.9. The van der Waals surface area contributed by atoms with Crippen molar-refractivity contribution in [1.82, 2.24) is 25.4 Å². The number of amides is 2. The van der Waals surface area contributed by atoms with Gasteiger partial charge in [-0.25, -0.2) is 0 Å². The van der Waals surface area contributed by atoms with E-state index in [9.17, 15) is 9.59 Å². The second-order valence-corrected chi connectivity index (χ2v) is 7.15. The lowest BCUT2D eigenvalue weighted by Gasteiger charge is -2.39. The number of hydrogen-bond donors (Lipinski definition) is 2. The summed E-state index contributed by atoms with van der Waals surface area (Å²) in [7, 11) is 0. The topological polar surface area (TPSA) is 77.6 Å². The highest BCUT2D eigenvalue weighted by molar-refractivity contribution is 6.35. The van der Waals surface area contributed by atoms with Crippen LogP contribution in [0.15, 0.2) is 54.9 Å². The number of nitrogens with zero attached hydrogens (tertiary/aromatic N) is 3. The van der Waals surface area contributed by atoms with Gasteiger partial charge in [-0.15, -0.1) is 0 Å². The van der Waals surface area contributed by atoms with Crippen LogP contribution in [-0.2, 0) is 16.1 Å². The van der Waals surface area contributed by atoms with Crippen LogP contribution in [-0.4, -0.2) is 65.9 Å². The molecule has 1 aliphatic rings. The lowest BCUT2D eigenvalue weighted by molar-refractivity contribution is -0.139. The van der Waals surface area contributed by atoms with Crippen LogP contribution in [0.3, 0.4) is 0 Å². The minimum absolute atomic E-state index is 0.00594. The molecule has 2 amide bonds. The third-order valence-electron chi connectivity index (χ3n) is 5.32. The fourth-order valence-electron chi connectivity index (χ4n) is 3.55. The minimum Gasteiger partial charge on any atom is -0.346 e.